The highest BCUT2D eigenvalue weighted by Crippen LogP contribution is 2.22. The van der Waals surface area contributed by atoms with Crippen molar-refractivity contribution in [2.45, 2.75) is 13.8 Å². The minimum atomic E-state index is -0.228. The Kier molecular flexibility index (Phi) is 3.77. The van der Waals surface area contributed by atoms with Gasteiger partial charge in [0.2, 0.25) is 0 Å². The molecule has 0 radical (unpaired) electrons. The van der Waals surface area contributed by atoms with E-state index in [1.807, 2.05) is 49.6 Å². The maximum absolute atomic E-state index is 12.6. The van der Waals surface area contributed by atoms with E-state index >= 15 is 0 Å². The topological polar surface area (TPSA) is 72.2 Å². The lowest BCUT2D eigenvalue weighted by molar-refractivity contribution is 0.102. The molecule has 7 heteroatoms. The number of aromatic nitrogens is 4. The molecule has 4 rings (SSSR count). The number of aryl methyl sites for hydroxylation is 2. The number of anilines is 1. The molecular formula is C18H15N5OS. The van der Waals surface area contributed by atoms with Gasteiger partial charge in [0.15, 0.2) is 5.65 Å². The van der Waals surface area contributed by atoms with Gasteiger partial charge in [0.05, 0.1) is 17.4 Å². The predicted molar refractivity (Wildman–Crippen MR) is 98.0 cm³/mol. The average molecular weight is 349 g/mol. The van der Waals surface area contributed by atoms with Crippen LogP contribution in [0.3, 0.4) is 0 Å². The van der Waals surface area contributed by atoms with Crippen LogP contribution in [0.5, 0.6) is 0 Å². The van der Waals surface area contributed by atoms with Crippen LogP contribution in [0.4, 0.5) is 5.69 Å². The van der Waals surface area contributed by atoms with Crippen LogP contribution in [0, 0.1) is 13.8 Å². The Bertz CT molecular complexity index is 1050. The summed E-state index contributed by atoms with van der Waals surface area (Å²) in [6, 6.07) is 9.53. The lowest BCUT2D eigenvalue weighted by Gasteiger charge is -2.06. The Morgan fingerprint density at radius 3 is 2.72 bits per heavy atom. The van der Waals surface area contributed by atoms with Gasteiger partial charge >= 0.3 is 0 Å². The van der Waals surface area contributed by atoms with E-state index in [0.717, 1.165) is 22.6 Å². The molecule has 6 nitrogen and oxygen atoms in total. The second-order valence-corrected chi connectivity index (χ2v) is 6.46. The number of benzene rings is 1. The number of hydrogen-bond acceptors (Lipinski definition) is 5. The predicted octanol–water partition coefficient (Wildman–Crippen LogP) is 3.72. The molecule has 0 spiro atoms. The minimum absolute atomic E-state index is 0.228. The highest BCUT2D eigenvalue weighted by molar-refractivity contribution is 7.07. The van der Waals surface area contributed by atoms with E-state index in [-0.39, 0.29) is 5.91 Å². The Balaban J connectivity index is 1.60. The number of carbonyl (C=O) groups is 1. The molecule has 0 aliphatic heterocycles. The summed E-state index contributed by atoms with van der Waals surface area (Å²) in [5.41, 5.74) is 7.27. The second kappa shape index (κ2) is 6.10. The summed E-state index contributed by atoms with van der Waals surface area (Å²) in [4.78, 5) is 21.3. The van der Waals surface area contributed by atoms with Gasteiger partial charge in [-0.15, -0.1) is 11.3 Å². The number of hydrogen-bond donors (Lipinski definition) is 1. The fourth-order valence-corrected chi connectivity index (χ4v) is 3.27. The number of fused-ring (bicyclic) bond motifs is 1. The third-order valence-electron chi connectivity index (χ3n) is 3.89. The summed E-state index contributed by atoms with van der Waals surface area (Å²) in [6.07, 6.45) is 1.55. The van der Waals surface area contributed by atoms with Crippen molar-refractivity contribution in [1.29, 1.82) is 0 Å². The van der Waals surface area contributed by atoms with Crippen LogP contribution in [-0.2, 0) is 0 Å². The van der Waals surface area contributed by atoms with E-state index in [0.29, 0.717) is 16.9 Å². The van der Waals surface area contributed by atoms with Crippen LogP contribution in [0.2, 0.25) is 0 Å². The first-order valence-electron chi connectivity index (χ1n) is 7.74. The average Bonchev–Trinajstić information content (AvgIpc) is 3.25. The number of carbonyl (C=O) groups excluding carboxylic acids is 1. The van der Waals surface area contributed by atoms with Crippen molar-refractivity contribution in [3.8, 4) is 11.3 Å². The molecule has 1 aromatic carbocycles. The van der Waals surface area contributed by atoms with Crippen LogP contribution in [0.25, 0.3) is 16.9 Å². The number of rotatable bonds is 3. The normalized spacial score (nSPS) is 11.0. The highest BCUT2D eigenvalue weighted by Gasteiger charge is 2.15. The standard InChI is InChI=1S/C18H15N5OS/c1-11-7-12(2)23-17(21-11)15(8-20-23)18(24)22-14-5-3-13(4-6-14)16-9-25-10-19-16/h3-10H,1-2H3,(H,22,24). The largest absolute Gasteiger partial charge is 0.322 e. The van der Waals surface area contributed by atoms with Gasteiger partial charge in [-0.25, -0.2) is 14.5 Å². The van der Waals surface area contributed by atoms with Gasteiger partial charge in [0.25, 0.3) is 5.91 Å². The van der Waals surface area contributed by atoms with Crippen LogP contribution < -0.4 is 5.32 Å². The SMILES string of the molecule is Cc1cc(C)n2ncc(C(=O)Nc3ccc(-c4cscn4)cc3)c2n1. The molecule has 0 atom stereocenters. The summed E-state index contributed by atoms with van der Waals surface area (Å²) in [6.45, 7) is 3.84. The van der Waals surface area contributed by atoms with Crippen LogP contribution >= 0.6 is 11.3 Å². The molecule has 0 saturated heterocycles. The fraction of sp³-hybridized carbons (Fsp3) is 0.111. The van der Waals surface area contributed by atoms with Crippen molar-refractivity contribution in [2.75, 3.05) is 5.32 Å². The van der Waals surface area contributed by atoms with Crippen molar-refractivity contribution >= 4 is 28.6 Å². The smallest absolute Gasteiger partial charge is 0.261 e. The van der Waals surface area contributed by atoms with E-state index in [4.69, 9.17) is 0 Å². The monoisotopic (exact) mass is 349 g/mol. The Labute approximate surface area is 148 Å². The lowest BCUT2D eigenvalue weighted by atomic mass is 10.1. The van der Waals surface area contributed by atoms with Gasteiger partial charge < -0.3 is 5.32 Å². The maximum Gasteiger partial charge on any atom is 0.261 e. The Hall–Kier alpha value is -3.06. The number of nitrogens with zero attached hydrogens (tertiary/aromatic N) is 4. The summed E-state index contributed by atoms with van der Waals surface area (Å²) in [5.74, 6) is -0.228. The number of thiazole rings is 1. The number of amides is 1. The first kappa shape index (κ1) is 15.5. The third-order valence-corrected chi connectivity index (χ3v) is 4.48. The molecular weight excluding hydrogens is 334 g/mol. The molecule has 0 bridgehead atoms. The quantitative estimate of drug-likeness (QED) is 0.612. The molecule has 25 heavy (non-hydrogen) atoms. The number of nitrogens with one attached hydrogen (secondary N) is 1. The maximum atomic E-state index is 12.6. The second-order valence-electron chi connectivity index (χ2n) is 5.74. The van der Waals surface area contributed by atoms with Gasteiger partial charge in [0, 0.05) is 28.0 Å². The van der Waals surface area contributed by atoms with Crippen molar-refractivity contribution in [2.24, 2.45) is 0 Å². The first-order chi connectivity index (χ1) is 12.1. The van der Waals surface area contributed by atoms with Gasteiger partial charge in [-0.05, 0) is 32.0 Å². The van der Waals surface area contributed by atoms with Crippen molar-refractivity contribution in [3.63, 3.8) is 0 Å². The molecule has 3 aromatic heterocycles. The Morgan fingerprint density at radius 2 is 2.00 bits per heavy atom. The molecule has 0 aliphatic rings. The van der Waals surface area contributed by atoms with Crippen molar-refractivity contribution in [3.05, 3.63) is 64.4 Å². The fourth-order valence-electron chi connectivity index (χ4n) is 2.71. The zero-order chi connectivity index (χ0) is 17.4. The van der Waals surface area contributed by atoms with Crippen LogP contribution in [0.15, 0.2) is 47.4 Å². The summed E-state index contributed by atoms with van der Waals surface area (Å²) in [7, 11) is 0. The summed E-state index contributed by atoms with van der Waals surface area (Å²) >= 11 is 1.55. The Morgan fingerprint density at radius 1 is 1.20 bits per heavy atom. The van der Waals surface area contributed by atoms with Crippen LogP contribution in [-0.4, -0.2) is 25.5 Å². The molecule has 124 valence electrons. The lowest BCUT2D eigenvalue weighted by Crippen LogP contribution is -2.12. The molecule has 4 aromatic rings. The van der Waals surface area contributed by atoms with E-state index in [1.54, 1.807) is 27.6 Å². The van der Waals surface area contributed by atoms with Gasteiger partial charge in [-0.3, -0.25) is 4.79 Å². The summed E-state index contributed by atoms with van der Waals surface area (Å²) in [5, 5.41) is 9.14. The van der Waals surface area contributed by atoms with Gasteiger partial charge in [0.1, 0.15) is 5.56 Å². The molecule has 1 N–H and O–H groups in total. The summed E-state index contributed by atoms with van der Waals surface area (Å²) < 4.78 is 1.67. The van der Waals surface area contributed by atoms with E-state index in [1.165, 1.54) is 0 Å². The van der Waals surface area contributed by atoms with Crippen molar-refractivity contribution < 1.29 is 4.79 Å². The first-order valence-corrected chi connectivity index (χ1v) is 8.68. The van der Waals surface area contributed by atoms with Gasteiger partial charge in [-0.1, -0.05) is 12.1 Å². The van der Waals surface area contributed by atoms with E-state index in [2.05, 4.69) is 20.4 Å². The van der Waals surface area contributed by atoms with E-state index in [9.17, 15) is 4.79 Å². The molecule has 0 saturated carbocycles. The van der Waals surface area contributed by atoms with Crippen molar-refractivity contribution in [1.82, 2.24) is 19.6 Å². The minimum Gasteiger partial charge on any atom is -0.322 e. The highest BCUT2D eigenvalue weighted by atomic mass is 32.1. The zero-order valence-corrected chi connectivity index (χ0v) is 14.5. The van der Waals surface area contributed by atoms with E-state index < -0.39 is 0 Å². The third kappa shape index (κ3) is 2.89. The van der Waals surface area contributed by atoms with Gasteiger partial charge in [-0.2, -0.15) is 5.10 Å². The molecule has 1 amide bonds. The molecule has 0 fully saturated rings. The molecule has 0 unspecified atom stereocenters. The van der Waals surface area contributed by atoms with Crippen LogP contribution in [0.1, 0.15) is 21.7 Å². The molecule has 0 aliphatic carbocycles. The zero-order valence-electron chi connectivity index (χ0n) is 13.7. The molecule has 3 heterocycles.